The third-order valence-corrected chi connectivity index (χ3v) is 3.25. The first-order valence-electron chi connectivity index (χ1n) is 6.86. The molecule has 20 heavy (non-hydrogen) atoms. The number of benzene rings is 1. The lowest BCUT2D eigenvalue weighted by atomic mass is 10.0. The third kappa shape index (κ3) is 5.25. The molecule has 112 valence electrons. The fraction of sp³-hybridized carbons (Fsp3) is 0.533. The van der Waals surface area contributed by atoms with E-state index in [1.807, 2.05) is 6.92 Å². The van der Waals surface area contributed by atoms with E-state index in [2.05, 4.69) is 5.32 Å². The number of amides is 1. The molecule has 0 aliphatic heterocycles. The van der Waals surface area contributed by atoms with Crippen molar-refractivity contribution in [1.29, 1.82) is 0 Å². The van der Waals surface area contributed by atoms with Crippen molar-refractivity contribution in [1.82, 2.24) is 5.32 Å². The zero-order chi connectivity index (χ0) is 15.1. The van der Waals surface area contributed by atoms with Crippen molar-refractivity contribution < 1.29 is 13.6 Å². The summed E-state index contributed by atoms with van der Waals surface area (Å²) < 4.78 is 27.0. The molecule has 0 heterocycles. The van der Waals surface area contributed by atoms with Crippen LogP contribution in [0, 0.1) is 17.6 Å². The Kier molecular flexibility index (Phi) is 6.58. The van der Waals surface area contributed by atoms with Crippen molar-refractivity contribution in [3.05, 3.63) is 35.4 Å². The van der Waals surface area contributed by atoms with Crippen molar-refractivity contribution in [2.24, 2.45) is 11.7 Å². The molecule has 0 fully saturated rings. The van der Waals surface area contributed by atoms with Gasteiger partial charge in [-0.2, -0.15) is 0 Å². The lowest BCUT2D eigenvalue weighted by Gasteiger charge is -2.15. The summed E-state index contributed by atoms with van der Waals surface area (Å²) in [6.45, 7) is 4.25. The van der Waals surface area contributed by atoms with Crippen molar-refractivity contribution in [3.8, 4) is 0 Å². The minimum absolute atomic E-state index is 0.00984. The van der Waals surface area contributed by atoms with Gasteiger partial charge in [-0.25, -0.2) is 8.78 Å². The van der Waals surface area contributed by atoms with Crippen LogP contribution in [0.3, 0.4) is 0 Å². The van der Waals surface area contributed by atoms with Crippen LogP contribution in [0.4, 0.5) is 8.78 Å². The number of carbonyl (C=O) groups excluding carboxylic acids is 1. The second-order valence-electron chi connectivity index (χ2n) is 5.25. The zero-order valence-corrected chi connectivity index (χ0v) is 12.0. The quantitative estimate of drug-likeness (QED) is 0.807. The van der Waals surface area contributed by atoms with Crippen LogP contribution in [-0.2, 0) is 11.2 Å². The molecule has 3 N–H and O–H groups in total. The average molecular weight is 284 g/mol. The van der Waals surface area contributed by atoms with Gasteiger partial charge >= 0.3 is 0 Å². The summed E-state index contributed by atoms with van der Waals surface area (Å²) in [5.74, 6) is -0.986. The SMILES string of the molecule is CC(CN)CCC(=O)NC(C)Cc1c(F)cccc1F. The Morgan fingerprint density at radius 3 is 2.45 bits per heavy atom. The van der Waals surface area contributed by atoms with Gasteiger partial charge in [0.25, 0.3) is 0 Å². The summed E-state index contributed by atoms with van der Waals surface area (Å²) in [4.78, 5) is 11.7. The van der Waals surface area contributed by atoms with Crippen molar-refractivity contribution >= 4 is 5.91 Å². The van der Waals surface area contributed by atoms with Crippen molar-refractivity contribution in [3.63, 3.8) is 0 Å². The number of carbonyl (C=O) groups is 1. The molecular weight excluding hydrogens is 262 g/mol. The van der Waals surface area contributed by atoms with E-state index in [0.29, 0.717) is 25.3 Å². The highest BCUT2D eigenvalue weighted by atomic mass is 19.1. The summed E-state index contributed by atoms with van der Waals surface area (Å²) in [7, 11) is 0. The second-order valence-corrected chi connectivity index (χ2v) is 5.25. The van der Waals surface area contributed by atoms with E-state index < -0.39 is 11.6 Å². The van der Waals surface area contributed by atoms with E-state index in [1.54, 1.807) is 6.92 Å². The Bertz CT molecular complexity index is 431. The van der Waals surface area contributed by atoms with Crippen LogP contribution in [0.5, 0.6) is 0 Å². The Morgan fingerprint density at radius 1 is 1.30 bits per heavy atom. The maximum atomic E-state index is 13.5. The predicted octanol–water partition coefficient (Wildman–Crippen LogP) is 2.39. The Labute approximate surface area is 118 Å². The molecule has 0 aliphatic carbocycles. The largest absolute Gasteiger partial charge is 0.353 e. The first-order chi connectivity index (χ1) is 9.43. The smallest absolute Gasteiger partial charge is 0.220 e. The standard InChI is InChI=1S/C15H22F2N2O/c1-10(9-18)6-7-15(20)19-11(2)8-12-13(16)4-3-5-14(12)17/h3-5,10-11H,6-9,18H2,1-2H3,(H,19,20). The highest BCUT2D eigenvalue weighted by molar-refractivity contribution is 5.76. The summed E-state index contributed by atoms with van der Waals surface area (Å²) in [5.41, 5.74) is 5.49. The molecule has 3 nitrogen and oxygen atoms in total. The molecule has 1 aromatic carbocycles. The monoisotopic (exact) mass is 284 g/mol. The van der Waals surface area contributed by atoms with Crippen LogP contribution in [0.2, 0.25) is 0 Å². The Hall–Kier alpha value is -1.49. The zero-order valence-electron chi connectivity index (χ0n) is 12.0. The first-order valence-corrected chi connectivity index (χ1v) is 6.86. The minimum atomic E-state index is -0.581. The van der Waals surface area contributed by atoms with Crippen LogP contribution < -0.4 is 11.1 Å². The van der Waals surface area contributed by atoms with Gasteiger partial charge in [0.2, 0.25) is 5.91 Å². The maximum absolute atomic E-state index is 13.5. The van der Waals surface area contributed by atoms with Crippen LogP contribution >= 0.6 is 0 Å². The van der Waals surface area contributed by atoms with Gasteiger partial charge in [0, 0.05) is 18.0 Å². The number of nitrogens with two attached hydrogens (primary N) is 1. The lowest BCUT2D eigenvalue weighted by molar-refractivity contribution is -0.121. The maximum Gasteiger partial charge on any atom is 0.220 e. The van der Waals surface area contributed by atoms with Gasteiger partial charge < -0.3 is 11.1 Å². The van der Waals surface area contributed by atoms with Crippen LogP contribution in [0.25, 0.3) is 0 Å². The fourth-order valence-corrected chi connectivity index (χ4v) is 1.93. The molecule has 0 aromatic heterocycles. The van der Waals surface area contributed by atoms with E-state index >= 15 is 0 Å². The number of hydrogen-bond acceptors (Lipinski definition) is 2. The number of halogens is 2. The molecule has 2 atom stereocenters. The Balaban J connectivity index is 2.47. The molecule has 1 rings (SSSR count). The van der Waals surface area contributed by atoms with Crippen LogP contribution in [-0.4, -0.2) is 18.5 Å². The molecule has 0 radical (unpaired) electrons. The summed E-state index contributed by atoms with van der Waals surface area (Å²) in [6.07, 6.45) is 1.22. The second kappa shape index (κ2) is 7.94. The van der Waals surface area contributed by atoms with E-state index in [9.17, 15) is 13.6 Å². The molecule has 0 saturated carbocycles. The molecule has 0 spiro atoms. The summed E-state index contributed by atoms with van der Waals surface area (Å²) in [6, 6.07) is 3.44. The van der Waals surface area contributed by atoms with E-state index in [0.717, 1.165) is 0 Å². The minimum Gasteiger partial charge on any atom is -0.353 e. The molecular formula is C15H22F2N2O. The van der Waals surface area contributed by atoms with Gasteiger partial charge in [0.05, 0.1) is 0 Å². The van der Waals surface area contributed by atoms with Gasteiger partial charge in [-0.15, -0.1) is 0 Å². The van der Waals surface area contributed by atoms with Gasteiger partial charge in [-0.05, 0) is 44.4 Å². The first kappa shape index (κ1) is 16.6. The highest BCUT2D eigenvalue weighted by Gasteiger charge is 2.14. The summed E-state index contributed by atoms with van der Waals surface area (Å²) >= 11 is 0. The van der Waals surface area contributed by atoms with Crippen molar-refractivity contribution in [2.75, 3.05) is 6.54 Å². The van der Waals surface area contributed by atoms with Gasteiger partial charge in [0.1, 0.15) is 11.6 Å². The predicted molar refractivity (Wildman–Crippen MR) is 75.1 cm³/mol. The summed E-state index contributed by atoms with van der Waals surface area (Å²) in [5, 5.41) is 2.75. The lowest BCUT2D eigenvalue weighted by Crippen LogP contribution is -2.34. The molecule has 2 unspecified atom stereocenters. The van der Waals surface area contributed by atoms with Crippen LogP contribution in [0.15, 0.2) is 18.2 Å². The molecule has 1 aromatic rings. The molecule has 1 amide bonds. The molecule has 0 aliphatic rings. The number of nitrogens with one attached hydrogen (secondary N) is 1. The van der Waals surface area contributed by atoms with E-state index in [1.165, 1.54) is 18.2 Å². The van der Waals surface area contributed by atoms with Crippen LogP contribution in [0.1, 0.15) is 32.3 Å². The normalized spacial score (nSPS) is 13.8. The molecule has 5 heteroatoms. The fourth-order valence-electron chi connectivity index (χ4n) is 1.93. The van der Waals surface area contributed by atoms with Gasteiger partial charge in [-0.1, -0.05) is 13.0 Å². The topological polar surface area (TPSA) is 55.1 Å². The van der Waals surface area contributed by atoms with E-state index in [-0.39, 0.29) is 23.9 Å². The highest BCUT2D eigenvalue weighted by Crippen LogP contribution is 2.14. The average Bonchev–Trinajstić information content (AvgIpc) is 2.40. The Morgan fingerprint density at radius 2 is 1.90 bits per heavy atom. The third-order valence-electron chi connectivity index (χ3n) is 3.25. The number of rotatable bonds is 7. The molecule has 0 saturated heterocycles. The van der Waals surface area contributed by atoms with Gasteiger partial charge in [0.15, 0.2) is 0 Å². The number of hydrogen-bond donors (Lipinski definition) is 2. The van der Waals surface area contributed by atoms with E-state index in [4.69, 9.17) is 5.73 Å². The van der Waals surface area contributed by atoms with Crippen molar-refractivity contribution in [2.45, 2.75) is 39.2 Å². The van der Waals surface area contributed by atoms with Gasteiger partial charge in [-0.3, -0.25) is 4.79 Å². The molecule has 0 bridgehead atoms.